The van der Waals surface area contributed by atoms with Crippen molar-refractivity contribution in [2.24, 2.45) is 4.99 Å². The van der Waals surface area contributed by atoms with Gasteiger partial charge in [-0.3, -0.25) is 24.3 Å². The second-order valence-corrected chi connectivity index (χ2v) is 10.4. The van der Waals surface area contributed by atoms with E-state index in [1.807, 2.05) is 60.7 Å². The van der Waals surface area contributed by atoms with Crippen molar-refractivity contribution in [2.45, 2.75) is 56.1 Å². The first-order valence-corrected chi connectivity index (χ1v) is 13.8. The summed E-state index contributed by atoms with van der Waals surface area (Å²) in [5.74, 6) is -1.83. The van der Waals surface area contributed by atoms with Gasteiger partial charge in [0.2, 0.25) is 0 Å². The molecule has 8 heteroatoms. The summed E-state index contributed by atoms with van der Waals surface area (Å²) >= 11 is 0. The van der Waals surface area contributed by atoms with Gasteiger partial charge in [0, 0.05) is 42.2 Å². The number of nitrogens with two attached hydrogens (primary N) is 1. The Balaban J connectivity index is 1.58. The van der Waals surface area contributed by atoms with Gasteiger partial charge >= 0.3 is 0 Å². The first kappa shape index (κ1) is 27.1. The van der Waals surface area contributed by atoms with Crippen molar-refractivity contribution in [1.29, 1.82) is 0 Å². The molecule has 1 aliphatic carbocycles. The second-order valence-electron chi connectivity index (χ2n) is 10.4. The smallest absolute Gasteiger partial charge is 0.253 e. The molecule has 0 radical (unpaired) electrons. The Morgan fingerprint density at radius 2 is 1.60 bits per heavy atom. The highest BCUT2D eigenvalue weighted by atomic mass is 16.2. The van der Waals surface area contributed by atoms with E-state index in [0.717, 1.165) is 43.2 Å². The van der Waals surface area contributed by atoms with E-state index in [0.29, 0.717) is 16.9 Å². The van der Waals surface area contributed by atoms with E-state index < -0.39 is 29.8 Å². The number of carbonyl (C=O) groups is 3. The Morgan fingerprint density at radius 1 is 0.975 bits per heavy atom. The zero-order valence-electron chi connectivity index (χ0n) is 22.6. The van der Waals surface area contributed by atoms with Crippen molar-refractivity contribution in [1.82, 2.24) is 10.6 Å². The highest BCUT2D eigenvalue weighted by molar-refractivity contribution is 6.19. The van der Waals surface area contributed by atoms with Gasteiger partial charge < -0.3 is 16.4 Å². The van der Waals surface area contributed by atoms with Crippen LogP contribution < -0.4 is 21.3 Å². The number of carbonyl (C=O) groups excluding carboxylic acids is 3. The topological polar surface area (TPSA) is 117 Å². The van der Waals surface area contributed by atoms with E-state index in [4.69, 9.17) is 5.73 Å². The van der Waals surface area contributed by atoms with Gasteiger partial charge in [-0.05, 0) is 42.2 Å². The van der Waals surface area contributed by atoms with Crippen molar-refractivity contribution >= 4 is 35.3 Å². The fourth-order valence-corrected chi connectivity index (χ4v) is 5.81. The van der Waals surface area contributed by atoms with Crippen molar-refractivity contribution in [2.75, 3.05) is 17.7 Å². The fraction of sp³-hybridized carbons (Fsp3) is 0.312. The lowest BCUT2D eigenvalue weighted by molar-refractivity contribution is -0.140. The summed E-state index contributed by atoms with van der Waals surface area (Å²) in [6.07, 6.45) is 6.51. The molecule has 2 fully saturated rings. The van der Waals surface area contributed by atoms with Crippen LogP contribution in [0.1, 0.15) is 54.7 Å². The molecule has 1 saturated carbocycles. The minimum Gasteiger partial charge on any atom is -0.398 e. The number of nitrogens with one attached hydrogen (secondary N) is 2. The highest BCUT2D eigenvalue weighted by Crippen LogP contribution is 2.34. The highest BCUT2D eigenvalue weighted by Gasteiger charge is 2.48. The van der Waals surface area contributed by atoms with E-state index >= 15 is 0 Å². The molecule has 4 N–H and O–H groups in total. The molecule has 1 aliphatic heterocycles. The molecular weight excluding hydrogens is 502 g/mol. The van der Waals surface area contributed by atoms with Crippen LogP contribution in [0.5, 0.6) is 0 Å². The summed E-state index contributed by atoms with van der Waals surface area (Å²) < 4.78 is 0. The first-order valence-electron chi connectivity index (χ1n) is 13.8. The van der Waals surface area contributed by atoms with E-state index in [2.05, 4.69) is 15.6 Å². The molecule has 3 amide bonds. The van der Waals surface area contributed by atoms with E-state index in [1.165, 1.54) is 4.90 Å². The Hall–Kier alpha value is -4.46. The maximum atomic E-state index is 14.5. The van der Waals surface area contributed by atoms with Crippen LogP contribution in [0.4, 0.5) is 11.4 Å². The molecule has 40 heavy (non-hydrogen) atoms. The van der Waals surface area contributed by atoms with Crippen molar-refractivity contribution in [3.05, 3.63) is 95.6 Å². The van der Waals surface area contributed by atoms with Crippen molar-refractivity contribution in [3.63, 3.8) is 0 Å². The lowest BCUT2D eigenvalue weighted by atomic mass is 9.82. The second kappa shape index (κ2) is 12.2. The lowest BCUT2D eigenvalue weighted by Gasteiger charge is -2.41. The van der Waals surface area contributed by atoms with E-state index in [1.54, 1.807) is 31.5 Å². The molecule has 2 unspecified atom stereocenters. The van der Waals surface area contributed by atoms with Gasteiger partial charge in [0.05, 0.1) is 0 Å². The molecule has 0 spiro atoms. The third-order valence-electron chi connectivity index (χ3n) is 7.78. The normalized spacial score (nSPS) is 20.1. The number of hydrogen-bond donors (Lipinski definition) is 3. The van der Waals surface area contributed by atoms with Gasteiger partial charge in [-0.25, -0.2) is 0 Å². The monoisotopic (exact) mass is 537 g/mol. The largest absolute Gasteiger partial charge is 0.398 e. The Labute approximate surface area is 234 Å². The molecule has 5 rings (SSSR count). The quantitative estimate of drug-likeness (QED) is 0.241. The molecule has 1 heterocycles. The third-order valence-corrected chi connectivity index (χ3v) is 7.78. The van der Waals surface area contributed by atoms with Crippen LogP contribution in [0, 0.1) is 0 Å². The average molecular weight is 538 g/mol. The number of anilines is 2. The molecule has 206 valence electrons. The number of amides is 3. The van der Waals surface area contributed by atoms with Gasteiger partial charge in [0.25, 0.3) is 17.7 Å². The van der Waals surface area contributed by atoms with Gasteiger partial charge in [0.1, 0.15) is 6.04 Å². The predicted molar refractivity (Wildman–Crippen MR) is 157 cm³/mol. The number of rotatable bonds is 7. The van der Waals surface area contributed by atoms with Gasteiger partial charge in [-0.2, -0.15) is 0 Å². The fourth-order valence-electron chi connectivity index (χ4n) is 5.81. The molecule has 0 bridgehead atoms. The minimum absolute atomic E-state index is 0.0145. The predicted octanol–water partition coefficient (Wildman–Crippen LogP) is 3.80. The number of piperazine rings is 1. The summed E-state index contributed by atoms with van der Waals surface area (Å²) in [7, 11) is 1.63. The first-order chi connectivity index (χ1) is 19.5. The number of nitrogens with zero attached hydrogens (tertiary/aromatic N) is 2. The number of nitrogen functional groups attached to an aromatic ring is 1. The zero-order valence-corrected chi connectivity index (χ0v) is 22.6. The Bertz CT molecular complexity index is 1350. The van der Waals surface area contributed by atoms with Gasteiger partial charge in [-0.15, -0.1) is 0 Å². The third kappa shape index (κ3) is 5.61. The number of aliphatic imine (C=N–C) groups is 1. The molecular formula is C32H35N5O3. The van der Waals surface area contributed by atoms with Gasteiger partial charge in [-0.1, -0.05) is 79.9 Å². The summed E-state index contributed by atoms with van der Waals surface area (Å²) in [6, 6.07) is 22.0. The molecule has 1 saturated heterocycles. The Kier molecular flexibility index (Phi) is 8.24. The Morgan fingerprint density at radius 3 is 2.20 bits per heavy atom. The standard InChI is InChI=1S/C32H35N5O3/c1-34-20-23-19-25(17-18-26(23)33)37-29(30(38)35-24-15-9-4-10-16-24)31(39)36-28(32(37)40)27(21-11-5-2-6-12-21)22-13-7-3-8-14-22/h2-3,5-8,11-14,17-20,24,27-29H,4,9-10,15-16,33H2,1H3,(H,35,38)(H,36,39). The molecule has 0 aromatic heterocycles. The minimum atomic E-state index is -1.35. The average Bonchev–Trinajstić information content (AvgIpc) is 2.97. The molecule has 3 aromatic carbocycles. The molecule has 3 aromatic rings. The zero-order chi connectivity index (χ0) is 28.1. The summed E-state index contributed by atoms with van der Waals surface area (Å²) in [5.41, 5.74) is 9.42. The van der Waals surface area contributed by atoms with Gasteiger partial charge in [0.15, 0.2) is 6.04 Å². The van der Waals surface area contributed by atoms with Crippen LogP contribution >= 0.6 is 0 Å². The summed E-state index contributed by atoms with van der Waals surface area (Å²) in [5, 5.41) is 5.99. The number of hydrogen-bond acceptors (Lipinski definition) is 5. The van der Waals surface area contributed by atoms with Crippen LogP contribution in [-0.4, -0.2) is 49.1 Å². The molecule has 2 aliphatic rings. The van der Waals surface area contributed by atoms with Crippen LogP contribution in [0.3, 0.4) is 0 Å². The maximum Gasteiger partial charge on any atom is 0.253 e. The van der Waals surface area contributed by atoms with E-state index in [9.17, 15) is 14.4 Å². The SMILES string of the molecule is CN=Cc1cc(N2C(=O)C(C(c3ccccc3)c3ccccc3)NC(=O)C2C(=O)NC2CCCCC2)ccc1N. The molecule has 2 atom stereocenters. The van der Waals surface area contributed by atoms with Crippen LogP contribution in [-0.2, 0) is 14.4 Å². The summed E-state index contributed by atoms with van der Waals surface area (Å²) in [6.45, 7) is 0. The lowest BCUT2D eigenvalue weighted by Crippen LogP contribution is -2.69. The van der Waals surface area contributed by atoms with Crippen LogP contribution in [0.15, 0.2) is 83.9 Å². The van der Waals surface area contributed by atoms with Crippen LogP contribution in [0.25, 0.3) is 0 Å². The van der Waals surface area contributed by atoms with Crippen LogP contribution in [0.2, 0.25) is 0 Å². The van der Waals surface area contributed by atoms with E-state index in [-0.39, 0.29) is 11.9 Å². The maximum absolute atomic E-state index is 14.5. The summed E-state index contributed by atoms with van der Waals surface area (Å²) in [4.78, 5) is 47.4. The molecule has 8 nitrogen and oxygen atoms in total. The number of benzene rings is 3. The van der Waals surface area contributed by atoms with Crippen molar-refractivity contribution < 1.29 is 14.4 Å². The van der Waals surface area contributed by atoms with Crippen molar-refractivity contribution in [3.8, 4) is 0 Å².